The number of rotatable bonds is 5. The third-order valence-electron chi connectivity index (χ3n) is 4.68. The van der Waals surface area contributed by atoms with E-state index in [1.165, 1.54) is 19.3 Å². The topological polar surface area (TPSA) is 58.6 Å². The van der Waals surface area contributed by atoms with Crippen molar-refractivity contribution in [1.82, 2.24) is 19.5 Å². The molecule has 1 fully saturated rings. The van der Waals surface area contributed by atoms with Crippen molar-refractivity contribution in [2.75, 3.05) is 25.0 Å². The number of nitrogens with zero attached hydrogens (tertiary/aromatic N) is 4. The van der Waals surface area contributed by atoms with Crippen LogP contribution < -0.4 is 5.32 Å². The molecule has 0 bridgehead atoms. The SMILES string of the molecule is Cc1cc2c(NCC(c3ccco3)N3CCCCC3)nccn2n1. The van der Waals surface area contributed by atoms with E-state index in [0.29, 0.717) is 0 Å². The van der Waals surface area contributed by atoms with Crippen molar-refractivity contribution in [2.24, 2.45) is 0 Å². The van der Waals surface area contributed by atoms with Crippen molar-refractivity contribution in [3.8, 4) is 0 Å². The number of likely N-dealkylation sites (tertiary alicyclic amines) is 1. The summed E-state index contributed by atoms with van der Waals surface area (Å²) in [7, 11) is 0. The number of furan rings is 1. The molecule has 0 aromatic carbocycles. The molecular formula is C18H23N5O. The number of piperidine rings is 1. The van der Waals surface area contributed by atoms with Gasteiger partial charge in [-0.2, -0.15) is 5.10 Å². The summed E-state index contributed by atoms with van der Waals surface area (Å²) >= 11 is 0. The van der Waals surface area contributed by atoms with Crippen molar-refractivity contribution in [3.05, 3.63) is 48.3 Å². The van der Waals surface area contributed by atoms with Crippen molar-refractivity contribution in [3.63, 3.8) is 0 Å². The monoisotopic (exact) mass is 325 g/mol. The number of aryl methyl sites for hydroxylation is 1. The second-order valence-electron chi connectivity index (χ2n) is 6.40. The molecule has 6 heteroatoms. The highest BCUT2D eigenvalue weighted by molar-refractivity contribution is 5.67. The molecule has 3 aromatic rings. The van der Waals surface area contributed by atoms with Crippen LogP contribution in [0.2, 0.25) is 0 Å². The molecule has 1 N–H and O–H groups in total. The summed E-state index contributed by atoms with van der Waals surface area (Å²) in [5.74, 6) is 1.88. The van der Waals surface area contributed by atoms with E-state index < -0.39 is 0 Å². The number of hydrogen-bond acceptors (Lipinski definition) is 5. The Labute approximate surface area is 141 Å². The molecule has 1 unspecified atom stereocenters. The Morgan fingerprint density at radius 1 is 1.29 bits per heavy atom. The second kappa shape index (κ2) is 6.65. The quantitative estimate of drug-likeness (QED) is 0.780. The molecule has 0 aliphatic carbocycles. The van der Waals surface area contributed by atoms with Crippen LogP contribution in [0, 0.1) is 6.92 Å². The maximum absolute atomic E-state index is 5.71. The lowest BCUT2D eigenvalue weighted by atomic mass is 10.1. The Morgan fingerprint density at radius 2 is 2.17 bits per heavy atom. The van der Waals surface area contributed by atoms with Gasteiger partial charge in [-0.1, -0.05) is 6.42 Å². The molecule has 0 amide bonds. The number of fused-ring (bicyclic) bond motifs is 1. The van der Waals surface area contributed by atoms with Gasteiger partial charge in [0.25, 0.3) is 0 Å². The molecule has 1 aliphatic rings. The Balaban J connectivity index is 1.56. The molecule has 1 saturated heterocycles. The van der Waals surface area contributed by atoms with E-state index in [0.717, 1.165) is 42.4 Å². The van der Waals surface area contributed by atoms with Crippen molar-refractivity contribution < 1.29 is 4.42 Å². The molecule has 126 valence electrons. The van der Waals surface area contributed by atoms with Gasteiger partial charge in [0.1, 0.15) is 11.3 Å². The van der Waals surface area contributed by atoms with Crippen LogP contribution in [0.5, 0.6) is 0 Å². The molecule has 3 aromatic heterocycles. The Hall–Kier alpha value is -2.34. The lowest BCUT2D eigenvalue weighted by molar-refractivity contribution is 0.153. The zero-order chi connectivity index (χ0) is 16.4. The summed E-state index contributed by atoms with van der Waals surface area (Å²) in [5.41, 5.74) is 2.00. The van der Waals surface area contributed by atoms with E-state index in [1.54, 1.807) is 12.5 Å². The molecule has 6 nitrogen and oxygen atoms in total. The number of anilines is 1. The number of hydrogen-bond donors (Lipinski definition) is 1. The average Bonchev–Trinajstić information content (AvgIpc) is 3.25. The molecule has 0 radical (unpaired) electrons. The highest BCUT2D eigenvalue weighted by Gasteiger charge is 2.24. The van der Waals surface area contributed by atoms with Gasteiger partial charge in [0.2, 0.25) is 0 Å². The molecule has 0 spiro atoms. The van der Waals surface area contributed by atoms with Crippen LogP contribution in [0.4, 0.5) is 5.82 Å². The minimum Gasteiger partial charge on any atom is -0.468 e. The van der Waals surface area contributed by atoms with Crippen LogP contribution in [0.1, 0.15) is 36.8 Å². The van der Waals surface area contributed by atoms with Gasteiger partial charge >= 0.3 is 0 Å². The summed E-state index contributed by atoms with van der Waals surface area (Å²) in [4.78, 5) is 7.01. The van der Waals surface area contributed by atoms with Crippen LogP contribution in [-0.2, 0) is 0 Å². The van der Waals surface area contributed by atoms with Crippen LogP contribution in [0.15, 0.2) is 41.3 Å². The van der Waals surface area contributed by atoms with Crippen LogP contribution in [0.3, 0.4) is 0 Å². The van der Waals surface area contributed by atoms with Gasteiger partial charge in [-0.15, -0.1) is 0 Å². The van der Waals surface area contributed by atoms with Gasteiger partial charge in [-0.3, -0.25) is 4.90 Å². The molecule has 0 saturated carbocycles. The summed E-state index contributed by atoms with van der Waals surface area (Å²) in [5, 5.41) is 7.96. The summed E-state index contributed by atoms with van der Waals surface area (Å²) in [6, 6.07) is 6.31. The third-order valence-corrected chi connectivity index (χ3v) is 4.68. The first-order valence-electron chi connectivity index (χ1n) is 8.63. The molecule has 1 atom stereocenters. The van der Waals surface area contributed by atoms with E-state index in [4.69, 9.17) is 4.42 Å². The van der Waals surface area contributed by atoms with E-state index in [-0.39, 0.29) is 6.04 Å². The fourth-order valence-electron chi connectivity index (χ4n) is 3.49. The Morgan fingerprint density at radius 3 is 2.96 bits per heavy atom. The smallest absolute Gasteiger partial charge is 0.152 e. The first-order valence-corrected chi connectivity index (χ1v) is 8.63. The molecule has 4 rings (SSSR count). The van der Waals surface area contributed by atoms with Gasteiger partial charge < -0.3 is 9.73 Å². The molecule has 4 heterocycles. The second-order valence-corrected chi connectivity index (χ2v) is 6.40. The predicted molar refractivity (Wildman–Crippen MR) is 93.1 cm³/mol. The van der Waals surface area contributed by atoms with Crippen molar-refractivity contribution in [2.45, 2.75) is 32.2 Å². The first kappa shape index (κ1) is 15.2. The minimum atomic E-state index is 0.228. The first-order chi connectivity index (χ1) is 11.8. The third kappa shape index (κ3) is 3.01. The van der Waals surface area contributed by atoms with Gasteiger partial charge in [-0.05, 0) is 51.1 Å². The predicted octanol–water partition coefficient (Wildman–Crippen LogP) is 3.27. The van der Waals surface area contributed by atoms with Crippen LogP contribution in [0.25, 0.3) is 5.52 Å². The van der Waals surface area contributed by atoms with Gasteiger partial charge in [0, 0.05) is 18.9 Å². The zero-order valence-electron chi connectivity index (χ0n) is 14.0. The largest absolute Gasteiger partial charge is 0.468 e. The summed E-state index contributed by atoms with van der Waals surface area (Å²) < 4.78 is 7.58. The summed E-state index contributed by atoms with van der Waals surface area (Å²) in [6.07, 6.45) is 9.25. The average molecular weight is 325 g/mol. The molecule has 24 heavy (non-hydrogen) atoms. The maximum Gasteiger partial charge on any atom is 0.152 e. The normalized spacial score (nSPS) is 17.2. The van der Waals surface area contributed by atoms with Gasteiger partial charge in [0.05, 0.1) is 18.0 Å². The standard InChI is InChI=1S/C18H23N5O/c1-14-12-15-18(19-7-10-23(15)21-14)20-13-16(17-6-5-11-24-17)22-8-3-2-4-9-22/h5-7,10-12,16H,2-4,8-9,13H2,1H3,(H,19,20). The van der Waals surface area contributed by atoms with Gasteiger partial charge in [-0.25, -0.2) is 9.50 Å². The lowest BCUT2D eigenvalue weighted by Gasteiger charge is -2.33. The summed E-state index contributed by atoms with van der Waals surface area (Å²) in [6.45, 7) is 5.01. The van der Waals surface area contributed by atoms with E-state index in [9.17, 15) is 0 Å². The Bertz CT molecular complexity index is 789. The highest BCUT2D eigenvalue weighted by Crippen LogP contribution is 2.26. The maximum atomic E-state index is 5.71. The molecule has 1 aliphatic heterocycles. The van der Waals surface area contributed by atoms with E-state index >= 15 is 0 Å². The fraction of sp³-hybridized carbons (Fsp3) is 0.444. The lowest BCUT2D eigenvalue weighted by Crippen LogP contribution is -2.37. The number of aromatic nitrogens is 3. The van der Waals surface area contributed by atoms with E-state index in [1.807, 2.05) is 23.7 Å². The van der Waals surface area contributed by atoms with Crippen molar-refractivity contribution >= 4 is 11.3 Å². The minimum absolute atomic E-state index is 0.228. The van der Waals surface area contributed by atoms with Crippen LogP contribution >= 0.6 is 0 Å². The van der Waals surface area contributed by atoms with Crippen LogP contribution in [-0.4, -0.2) is 39.1 Å². The van der Waals surface area contributed by atoms with E-state index in [2.05, 4.69) is 32.4 Å². The zero-order valence-corrected chi connectivity index (χ0v) is 14.0. The highest BCUT2D eigenvalue weighted by atomic mass is 16.3. The van der Waals surface area contributed by atoms with Gasteiger partial charge in [0.15, 0.2) is 5.82 Å². The Kier molecular flexibility index (Phi) is 4.21. The number of nitrogens with one attached hydrogen (secondary N) is 1. The fourth-order valence-corrected chi connectivity index (χ4v) is 3.49. The van der Waals surface area contributed by atoms with Crippen molar-refractivity contribution in [1.29, 1.82) is 0 Å². The molecular weight excluding hydrogens is 302 g/mol.